The molecular weight excluding hydrogens is 214 g/mol. The minimum Gasteiger partial charge on any atom is -0.391 e. The predicted molar refractivity (Wildman–Crippen MR) is 69.7 cm³/mol. The predicted octanol–water partition coefficient (Wildman–Crippen LogP) is 2.43. The molecule has 0 aromatic heterocycles. The molecule has 1 rings (SSSR count). The molecule has 100 valence electrons. The second kappa shape index (κ2) is 5.85. The first-order valence-corrected chi connectivity index (χ1v) is 6.74. The van der Waals surface area contributed by atoms with Crippen LogP contribution in [0, 0.1) is 11.3 Å². The molecule has 1 amide bonds. The van der Waals surface area contributed by atoms with Crippen molar-refractivity contribution in [3.63, 3.8) is 0 Å². The number of likely N-dealkylation sites (tertiary alicyclic amines) is 1. The van der Waals surface area contributed by atoms with Gasteiger partial charge in [0.2, 0.25) is 5.91 Å². The second-order valence-electron chi connectivity index (χ2n) is 6.71. The molecule has 2 unspecified atom stereocenters. The second-order valence-corrected chi connectivity index (χ2v) is 6.71. The lowest BCUT2D eigenvalue weighted by Crippen LogP contribution is -2.42. The molecule has 1 N–H and O–H groups in total. The number of hydrogen-bond acceptors (Lipinski definition) is 2. The zero-order chi connectivity index (χ0) is 13.1. The largest absolute Gasteiger partial charge is 0.391 e. The Kier molecular flexibility index (Phi) is 4.99. The summed E-state index contributed by atoms with van der Waals surface area (Å²) in [5.41, 5.74) is 0.279. The van der Waals surface area contributed by atoms with Gasteiger partial charge in [0.1, 0.15) is 0 Å². The van der Waals surface area contributed by atoms with Crippen molar-refractivity contribution in [2.45, 2.75) is 59.5 Å². The molecule has 17 heavy (non-hydrogen) atoms. The van der Waals surface area contributed by atoms with Gasteiger partial charge in [-0.1, -0.05) is 27.7 Å². The molecule has 0 radical (unpaired) electrons. The zero-order valence-corrected chi connectivity index (χ0v) is 11.7. The zero-order valence-electron chi connectivity index (χ0n) is 11.7. The highest BCUT2D eigenvalue weighted by atomic mass is 16.3. The van der Waals surface area contributed by atoms with E-state index in [1.165, 1.54) is 0 Å². The lowest BCUT2D eigenvalue weighted by molar-refractivity contribution is -0.135. The third-order valence-corrected chi connectivity index (χ3v) is 3.23. The summed E-state index contributed by atoms with van der Waals surface area (Å²) in [6.45, 7) is 10.1. The van der Waals surface area contributed by atoms with Crippen molar-refractivity contribution < 1.29 is 9.90 Å². The number of piperidine rings is 1. The molecule has 1 aliphatic heterocycles. The molecule has 0 saturated carbocycles. The number of rotatable bonds is 3. The molecule has 0 spiro atoms. The summed E-state index contributed by atoms with van der Waals surface area (Å²) in [7, 11) is 0. The molecule has 0 bridgehead atoms. The fraction of sp³-hybridized carbons (Fsp3) is 0.929. The highest BCUT2D eigenvalue weighted by Gasteiger charge is 2.24. The fourth-order valence-electron chi connectivity index (χ4n) is 2.73. The van der Waals surface area contributed by atoms with E-state index < -0.39 is 0 Å². The number of aliphatic hydroxyl groups excluding tert-OH is 1. The van der Waals surface area contributed by atoms with Crippen LogP contribution in [0.25, 0.3) is 0 Å². The van der Waals surface area contributed by atoms with Crippen LogP contribution < -0.4 is 0 Å². The summed E-state index contributed by atoms with van der Waals surface area (Å²) in [5.74, 6) is 0.627. The van der Waals surface area contributed by atoms with Crippen molar-refractivity contribution in [1.82, 2.24) is 4.90 Å². The summed E-state index contributed by atoms with van der Waals surface area (Å²) in [4.78, 5) is 13.9. The van der Waals surface area contributed by atoms with E-state index in [2.05, 4.69) is 27.7 Å². The Bertz CT molecular complexity index is 257. The summed E-state index contributed by atoms with van der Waals surface area (Å²) in [6.07, 6.45) is 3.13. The quantitative estimate of drug-likeness (QED) is 0.824. The van der Waals surface area contributed by atoms with Crippen molar-refractivity contribution in [1.29, 1.82) is 0 Å². The van der Waals surface area contributed by atoms with Crippen molar-refractivity contribution in [3.8, 4) is 0 Å². The first-order chi connectivity index (χ1) is 7.78. The van der Waals surface area contributed by atoms with Gasteiger partial charge in [-0.25, -0.2) is 0 Å². The Morgan fingerprint density at radius 2 is 2.12 bits per heavy atom. The molecule has 0 aromatic rings. The van der Waals surface area contributed by atoms with Crippen LogP contribution in [0.2, 0.25) is 0 Å². The van der Waals surface area contributed by atoms with Gasteiger partial charge in [0.05, 0.1) is 6.10 Å². The molecule has 1 heterocycles. The van der Waals surface area contributed by atoms with E-state index in [1.54, 1.807) is 0 Å². The standard InChI is InChI=1S/C14H27NO2/c1-11(9-14(2,3)4)8-13(17)15-7-5-6-12(16)10-15/h11-12,16H,5-10H2,1-4H3. The fourth-order valence-corrected chi connectivity index (χ4v) is 2.73. The highest BCUT2D eigenvalue weighted by Crippen LogP contribution is 2.26. The van der Waals surface area contributed by atoms with Gasteiger partial charge in [-0.3, -0.25) is 4.79 Å². The van der Waals surface area contributed by atoms with Gasteiger partial charge < -0.3 is 10.0 Å². The molecule has 0 aliphatic carbocycles. The summed E-state index contributed by atoms with van der Waals surface area (Å²) >= 11 is 0. The number of nitrogens with zero attached hydrogens (tertiary/aromatic N) is 1. The molecule has 0 aromatic carbocycles. The van der Waals surface area contributed by atoms with Gasteiger partial charge in [-0.05, 0) is 30.6 Å². The average Bonchev–Trinajstić information content (AvgIpc) is 2.14. The van der Waals surface area contributed by atoms with Gasteiger partial charge in [0, 0.05) is 19.5 Å². The lowest BCUT2D eigenvalue weighted by Gasteiger charge is -2.31. The van der Waals surface area contributed by atoms with Crippen molar-refractivity contribution >= 4 is 5.91 Å². The van der Waals surface area contributed by atoms with Crippen LogP contribution in [0.15, 0.2) is 0 Å². The maximum atomic E-state index is 12.1. The van der Waals surface area contributed by atoms with E-state index in [4.69, 9.17) is 0 Å². The smallest absolute Gasteiger partial charge is 0.222 e. The van der Waals surface area contributed by atoms with Gasteiger partial charge in [0.15, 0.2) is 0 Å². The van der Waals surface area contributed by atoms with E-state index in [9.17, 15) is 9.90 Å². The van der Waals surface area contributed by atoms with E-state index in [1.807, 2.05) is 4.90 Å². The Morgan fingerprint density at radius 1 is 1.47 bits per heavy atom. The van der Waals surface area contributed by atoms with E-state index in [0.717, 1.165) is 25.8 Å². The lowest BCUT2D eigenvalue weighted by atomic mass is 9.84. The molecule has 1 fully saturated rings. The molecule has 3 nitrogen and oxygen atoms in total. The normalized spacial score (nSPS) is 23.6. The van der Waals surface area contributed by atoms with Crippen LogP contribution in [-0.2, 0) is 4.79 Å². The number of carbonyl (C=O) groups is 1. The van der Waals surface area contributed by atoms with Crippen LogP contribution >= 0.6 is 0 Å². The van der Waals surface area contributed by atoms with Crippen LogP contribution in [0.5, 0.6) is 0 Å². The third kappa shape index (κ3) is 5.53. The average molecular weight is 241 g/mol. The van der Waals surface area contributed by atoms with E-state index in [0.29, 0.717) is 18.9 Å². The molecular formula is C14H27NO2. The Hall–Kier alpha value is -0.570. The Labute approximate surface area is 105 Å². The van der Waals surface area contributed by atoms with E-state index in [-0.39, 0.29) is 17.4 Å². The Balaban J connectivity index is 2.38. The SMILES string of the molecule is CC(CC(=O)N1CCCC(O)C1)CC(C)(C)C. The summed E-state index contributed by atoms with van der Waals surface area (Å²) < 4.78 is 0. The topological polar surface area (TPSA) is 40.5 Å². The van der Waals surface area contributed by atoms with Gasteiger partial charge in [-0.2, -0.15) is 0 Å². The maximum absolute atomic E-state index is 12.1. The minimum absolute atomic E-state index is 0.209. The highest BCUT2D eigenvalue weighted by molar-refractivity contribution is 5.76. The number of β-amino-alcohol motifs (C(OH)–C–C–N with tert-alkyl or cyclic N) is 1. The Morgan fingerprint density at radius 3 is 2.65 bits per heavy atom. The number of aliphatic hydroxyl groups is 1. The monoisotopic (exact) mass is 241 g/mol. The van der Waals surface area contributed by atoms with Crippen LogP contribution in [-0.4, -0.2) is 35.1 Å². The molecule has 3 heteroatoms. The number of carbonyl (C=O) groups excluding carboxylic acids is 1. The summed E-state index contributed by atoms with van der Waals surface area (Å²) in [6, 6.07) is 0. The van der Waals surface area contributed by atoms with Crippen molar-refractivity contribution in [2.24, 2.45) is 11.3 Å². The molecule has 1 aliphatic rings. The molecule has 1 saturated heterocycles. The first kappa shape index (κ1) is 14.5. The number of hydrogen-bond donors (Lipinski definition) is 1. The van der Waals surface area contributed by atoms with Gasteiger partial charge in [0.25, 0.3) is 0 Å². The molecule has 2 atom stereocenters. The first-order valence-electron chi connectivity index (χ1n) is 6.74. The van der Waals surface area contributed by atoms with Crippen molar-refractivity contribution in [2.75, 3.05) is 13.1 Å². The summed E-state index contributed by atoms with van der Waals surface area (Å²) in [5, 5.41) is 9.56. The minimum atomic E-state index is -0.314. The van der Waals surface area contributed by atoms with Crippen LogP contribution in [0.1, 0.15) is 53.4 Å². The van der Waals surface area contributed by atoms with Crippen molar-refractivity contribution in [3.05, 3.63) is 0 Å². The van der Waals surface area contributed by atoms with E-state index >= 15 is 0 Å². The van der Waals surface area contributed by atoms with Gasteiger partial charge in [-0.15, -0.1) is 0 Å². The maximum Gasteiger partial charge on any atom is 0.222 e. The van der Waals surface area contributed by atoms with Crippen LogP contribution in [0.4, 0.5) is 0 Å². The number of amides is 1. The third-order valence-electron chi connectivity index (χ3n) is 3.23. The van der Waals surface area contributed by atoms with Crippen LogP contribution in [0.3, 0.4) is 0 Å². The van der Waals surface area contributed by atoms with Gasteiger partial charge >= 0.3 is 0 Å².